The van der Waals surface area contributed by atoms with Gasteiger partial charge in [0, 0.05) is 43.1 Å². The molecule has 0 aliphatic carbocycles. The number of carbonyl (C=O) groups is 1. The molecule has 1 amide bonds. The Kier molecular flexibility index (Phi) is 7.63. The monoisotopic (exact) mass is 450 g/mol. The number of likely N-dealkylation sites (tertiary alicyclic amines) is 1. The van der Waals surface area contributed by atoms with Gasteiger partial charge in [-0.1, -0.05) is 12.1 Å². The van der Waals surface area contributed by atoms with Crippen molar-refractivity contribution in [3.8, 4) is 0 Å². The van der Waals surface area contributed by atoms with Gasteiger partial charge in [0.2, 0.25) is 0 Å². The molecule has 5 nitrogen and oxygen atoms in total. The maximum absolute atomic E-state index is 12.6. The van der Waals surface area contributed by atoms with Crippen LogP contribution in [0.2, 0.25) is 0 Å². The minimum absolute atomic E-state index is 0.102. The largest absolute Gasteiger partial charge is 0.372 e. The van der Waals surface area contributed by atoms with Gasteiger partial charge in [-0.05, 0) is 99.6 Å². The highest BCUT2D eigenvalue weighted by Crippen LogP contribution is 2.23. The van der Waals surface area contributed by atoms with E-state index in [2.05, 4.69) is 46.7 Å². The van der Waals surface area contributed by atoms with Crippen LogP contribution >= 0.6 is 12.2 Å². The fourth-order valence-corrected chi connectivity index (χ4v) is 4.84. The molecule has 0 bridgehead atoms. The van der Waals surface area contributed by atoms with E-state index in [9.17, 15) is 4.79 Å². The van der Waals surface area contributed by atoms with Gasteiger partial charge in [-0.15, -0.1) is 0 Å². The molecular weight excluding hydrogens is 416 g/mol. The van der Waals surface area contributed by atoms with Crippen LogP contribution in [0, 0.1) is 0 Å². The van der Waals surface area contributed by atoms with Crippen molar-refractivity contribution < 1.29 is 4.79 Å². The van der Waals surface area contributed by atoms with Gasteiger partial charge >= 0.3 is 0 Å². The van der Waals surface area contributed by atoms with Gasteiger partial charge in [0.15, 0.2) is 5.11 Å². The van der Waals surface area contributed by atoms with Crippen molar-refractivity contribution >= 4 is 34.6 Å². The number of anilines is 2. The summed E-state index contributed by atoms with van der Waals surface area (Å²) in [4.78, 5) is 17.0. The Bertz CT molecular complexity index is 900. The zero-order chi connectivity index (χ0) is 22.3. The molecule has 2 fully saturated rings. The number of carbonyl (C=O) groups excluding carboxylic acids is 1. The third-order valence-corrected chi connectivity index (χ3v) is 6.71. The van der Waals surface area contributed by atoms with Crippen LogP contribution in [0.4, 0.5) is 11.4 Å². The Hall–Kier alpha value is -2.60. The van der Waals surface area contributed by atoms with Gasteiger partial charge < -0.3 is 20.4 Å². The van der Waals surface area contributed by atoms with Crippen LogP contribution in [0.5, 0.6) is 0 Å². The number of hydrogen-bond acceptors (Lipinski definition) is 3. The molecule has 4 rings (SSSR count). The molecular formula is C26H34N4OS. The van der Waals surface area contributed by atoms with Crippen molar-refractivity contribution in [2.24, 2.45) is 0 Å². The van der Waals surface area contributed by atoms with Gasteiger partial charge in [-0.3, -0.25) is 4.79 Å². The highest BCUT2D eigenvalue weighted by Gasteiger charge is 2.18. The zero-order valence-corrected chi connectivity index (χ0v) is 19.8. The summed E-state index contributed by atoms with van der Waals surface area (Å²) >= 11 is 5.52. The minimum Gasteiger partial charge on any atom is -0.372 e. The summed E-state index contributed by atoms with van der Waals surface area (Å²) in [5, 5.41) is 7.18. The maximum atomic E-state index is 12.6. The van der Waals surface area contributed by atoms with E-state index >= 15 is 0 Å². The molecule has 6 heteroatoms. The molecule has 0 radical (unpaired) electrons. The normalized spacial score (nSPS) is 17.5. The quantitative estimate of drug-likeness (QED) is 0.601. The van der Waals surface area contributed by atoms with Gasteiger partial charge in [0.1, 0.15) is 0 Å². The first-order valence-corrected chi connectivity index (χ1v) is 12.3. The summed E-state index contributed by atoms with van der Waals surface area (Å²) in [5.74, 6) is 0.124. The number of nitrogens with zero attached hydrogens (tertiary/aromatic N) is 2. The summed E-state index contributed by atoms with van der Waals surface area (Å²) in [7, 11) is 0. The predicted octanol–water partition coefficient (Wildman–Crippen LogP) is 5.35. The van der Waals surface area contributed by atoms with Crippen molar-refractivity contribution in [2.45, 2.75) is 51.5 Å². The molecule has 1 atom stereocenters. The van der Waals surface area contributed by atoms with Crippen LogP contribution < -0.4 is 15.5 Å². The highest BCUT2D eigenvalue weighted by molar-refractivity contribution is 7.80. The van der Waals surface area contributed by atoms with Crippen LogP contribution in [-0.2, 0) is 0 Å². The first-order chi connectivity index (χ1) is 15.6. The number of piperidine rings is 2. The third kappa shape index (κ3) is 5.80. The first-order valence-electron chi connectivity index (χ1n) is 11.9. The summed E-state index contributed by atoms with van der Waals surface area (Å²) < 4.78 is 0. The van der Waals surface area contributed by atoms with Gasteiger partial charge in [0.25, 0.3) is 5.91 Å². The second kappa shape index (κ2) is 10.8. The smallest absolute Gasteiger partial charge is 0.253 e. The zero-order valence-electron chi connectivity index (χ0n) is 19.0. The lowest BCUT2D eigenvalue weighted by Crippen LogP contribution is -2.35. The summed E-state index contributed by atoms with van der Waals surface area (Å²) in [6.45, 7) is 6.16. The van der Waals surface area contributed by atoms with Crippen molar-refractivity contribution in [3.63, 3.8) is 0 Å². The van der Waals surface area contributed by atoms with E-state index in [-0.39, 0.29) is 11.9 Å². The SMILES string of the molecule is C[C@@H](NC(=S)Nc1ccc(C(=O)N2CCCCC2)cc1)c1ccc(N2CCCCC2)cc1. The van der Waals surface area contributed by atoms with Crippen LogP contribution in [-0.4, -0.2) is 42.1 Å². The second-order valence-electron chi connectivity index (χ2n) is 8.89. The standard InChI is InChI=1S/C26H34N4OS/c1-20(21-10-14-24(15-11-21)29-16-4-2-5-17-29)27-26(32)28-23-12-8-22(9-13-23)25(31)30-18-6-3-7-19-30/h8-15,20H,2-7,16-19H2,1H3,(H2,27,28,32)/t20-/m1/s1. The molecule has 2 aromatic rings. The van der Waals surface area contributed by atoms with Gasteiger partial charge in [-0.2, -0.15) is 0 Å². The molecule has 170 valence electrons. The number of benzene rings is 2. The fraction of sp³-hybridized carbons (Fsp3) is 0.462. The number of nitrogens with one attached hydrogen (secondary N) is 2. The molecule has 2 aromatic carbocycles. The van der Waals surface area contributed by atoms with Crippen LogP contribution in [0.15, 0.2) is 48.5 Å². The minimum atomic E-state index is 0.102. The Morgan fingerprint density at radius 1 is 0.844 bits per heavy atom. The van der Waals surface area contributed by atoms with E-state index in [0.29, 0.717) is 5.11 Å². The molecule has 2 heterocycles. The average molecular weight is 451 g/mol. The molecule has 0 spiro atoms. The Balaban J connectivity index is 1.28. The number of hydrogen-bond donors (Lipinski definition) is 2. The van der Waals surface area contributed by atoms with Crippen molar-refractivity contribution in [1.82, 2.24) is 10.2 Å². The summed E-state index contributed by atoms with van der Waals surface area (Å²) in [5.41, 5.74) is 4.13. The lowest BCUT2D eigenvalue weighted by molar-refractivity contribution is 0.0724. The molecule has 32 heavy (non-hydrogen) atoms. The van der Waals surface area contributed by atoms with Gasteiger partial charge in [-0.25, -0.2) is 0 Å². The van der Waals surface area contributed by atoms with Crippen LogP contribution in [0.1, 0.15) is 67.4 Å². The van der Waals surface area contributed by atoms with Gasteiger partial charge in [0.05, 0.1) is 6.04 Å². The molecule has 2 saturated heterocycles. The molecule has 2 aliphatic heterocycles. The Morgan fingerprint density at radius 2 is 1.44 bits per heavy atom. The molecule has 0 aromatic heterocycles. The van der Waals surface area contributed by atoms with Crippen molar-refractivity contribution in [1.29, 1.82) is 0 Å². The Morgan fingerprint density at radius 3 is 2.06 bits per heavy atom. The Labute approximate surface area is 197 Å². The number of thiocarbonyl (C=S) groups is 1. The predicted molar refractivity (Wildman–Crippen MR) is 136 cm³/mol. The van der Waals surface area contributed by atoms with Crippen LogP contribution in [0.25, 0.3) is 0 Å². The lowest BCUT2D eigenvalue weighted by atomic mass is 10.1. The summed E-state index contributed by atoms with van der Waals surface area (Å²) in [6, 6.07) is 16.5. The number of amides is 1. The van der Waals surface area contributed by atoms with Crippen molar-refractivity contribution in [2.75, 3.05) is 36.4 Å². The van der Waals surface area contributed by atoms with Crippen LogP contribution in [0.3, 0.4) is 0 Å². The fourth-order valence-electron chi connectivity index (χ4n) is 4.55. The topological polar surface area (TPSA) is 47.6 Å². The average Bonchev–Trinajstić information content (AvgIpc) is 2.85. The number of rotatable bonds is 5. The third-order valence-electron chi connectivity index (χ3n) is 6.49. The lowest BCUT2D eigenvalue weighted by Gasteiger charge is -2.29. The van der Waals surface area contributed by atoms with E-state index in [1.54, 1.807) is 0 Å². The van der Waals surface area contributed by atoms with E-state index in [1.807, 2.05) is 29.2 Å². The molecule has 2 aliphatic rings. The van der Waals surface area contributed by atoms with E-state index in [1.165, 1.54) is 36.9 Å². The molecule has 0 saturated carbocycles. The highest BCUT2D eigenvalue weighted by atomic mass is 32.1. The van der Waals surface area contributed by atoms with E-state index in [0.717, 1.165) is 50.3 Å². The maximum Gasteiger partial charge on any atom is 0.253 e. The van der Waals surface area contributed by atoms with E-state index in [4.69, 9.17) is 12.2 Å². The molecule has 2 N–H and O–H groups in total. The first kappa shape index (κ1) is 22.6. The summed E-state index contributed by atoms with van der Waals surface area (Å²) in [6.07, 6.45) is 7.34. The van der Waals surface area contributed by atoms with E-state index < -0.39 is 0 Å². The molecule has 0 unspecified atom stereocenters. The second-order valence-corrected chi connectivity index (χ2v) is 9.30. The van der Waals surface area contributed by atoms with Crippen molar-refractivity contribution in [3.05, 3.63) is 59.7 Å².